The molecule has 254 valence electrons. The molecule has 3 aromatic rings. The number of benzene rings is 2. The average molecular weight is 685 g/mol. The lowest BCUT2D eigenvalue weighted by Gasteiger charge is -2.14. The highest BCUT2D eigenvalue weighted by Gasteiger charge is 2.35. The average Bonchev–Trinajstić information content (AvgIpc) is 3.68. The van der Waals surface area contributed by atoms with Crippen molar-refractivity contribution in [2.45, 2.75) is 44.6 Å². The zero-order valence-electron chi connectivity index (χ0n) is 25.3. The molecule has 1 saturated heterocycles. The molecule has 0 saturated carbocycles. The second kappa shape index (κ2) is 14.6. The predicted octanol–water partition coefficient (Wildman–Crippen LogP) is 4.93. The van der Waals surface area contributed by atoms with Crippen LogP contribution in [0.5, 0.6) is 0 Å². The zero-order chi connectivity index (χ0) is 34.4. The largest absolute Gasteiger partial charge is 0.569 e. The Morgan fingerprint density at radius 2 is 1.83 bits per heavy atom. The van der Waals surface area contributed by atoms with Gasteiger partial charge in [-0.25, -0.2) is 27.4 Å². The molecule has 1 fully saturated rings. The zero-order valence-corrected chi connectivity index (χ0v) is 26.2. The Hall–Kier alpha value is -5.07. The van der Waals surface area contributed by atoms with Gasteiger partial charge in [0.15, 0.2) is 5.69 Å². The number of carbonyl (C=O) groups excluding carboxylic acids is 2. The first-order valence-corrected chi connectivity index (χ1v) is 15.6. The van der Waals surface area contributed by atoms with Gasteiger partial charge in [-0.05, 0) is 50.6 Å². The maximum Gasteiger partial charge on any atom is 0.511 e. The molecular formula is C28H31F3N6O9S. The van der Waals surface area contributed by atoms with Gasteiger partial charge in [0.25, 0.3) is 16.3 Å². The number of amides is 1. The van der Waals surface area contributed by atoms with Gasteiger partial charge in [0.1, 0.15) is 0 Å². The van der Waals surface area contributed by atoms with Crippen molar-refractivity contribution in [1.82, 2.24) is 19.5 Å². The number of ether oxygens (including phenoxy) is 3. The molecule has 4 rings (SSSR count). The van der Waals surface area contributed by atoms with E-state index in [9.17, 15) is 36.4 Å². The van der Waals surface area contributed by atoms with E-state index in [1.54, 1.807) is 35.9 Å². The topological polar surface area (TPSA) is 177 Å². The molecule has 2 atom stereocenters. The number of rotatable bonds is 11. The summed E-state index contributed by atoms with van der Waals surface area (Å²) in [4.78, 5) is 28.2. The van der Waals surface area contributed by atoms with Gasteiger partial charge < -0.3 is 19.4 Å². The highest BCUT2D eigenvalue weighted by molar-refractivity contribution is 7.90. The monoisotopic (exact) mass is 684 g/mol. The number of aromatic nitrogens is 2. The van der Waals surface area contributed by atoms with Gasteiger partial charge in [0.2, 0.25) is 5.28 Å². The van der Waals surface area contributed by atoms with Crippen molar-refractivity contribution in [3.63, 3.8) is 0 Å². The normalized spacial score (nSPS) is 16.0. The first-order valence-electron chi connectivity index (χ1n) is 14.1. The Morgan fingerprint density at radius 3 is 2.47 bits per heavy atom. The van der Waals surface area contributed by atoms with Crippen molar-refractivity contribution in [3.8, 4) is 16.9 Å². The van der Waals surface area contributed by atoms with Crippen LogP contribution in [0.3, 0.4) is 0 Å². The van der Waals surface area contributed by atoms with Gasteiger partial charge in [-0.15, -0.1) is 5.01 Å². The summed E-state index contributed by atoms with van der Waals surface area (Å²) in [5.74, 6) is -0.346. The van der Waals surface area contributed by atoms with Gasteiger partial charge in [0.05, 0.1) is 47.5 Å². The number of carbonyl (C=O) groups is 2. The van der Waals surface area contributed by atoms with Gasteiger partial charge in [0, 0.05) is 18.4 Å². The highest BCUT2D eigenvalue weighted by Crippen LogP contribution is 2.33. The maximum atomic E-state index is 13.5. The fourth-order valence-electron chi connectivity index (χ4n) is 4.38. The molecule has 1 aromatic heterocycles. The second-order valence-electron chi connectivity index (χ2n) is 10.3. The molecule has 1 aliphatic heterocycles. The number of nitrogens with zero attached hydrogens (tertiary/aromatic N) is 5. The number of halogens is 3. The molecule has 2 unspecified atom stereocenters. The quantitative estimate of drug-likeness (QED) is 0.0952. The summed E-state index contributed by atoms with van der Waals surface area (Å²) in [6.45, 7) is 4.92. The number of alkyl halides is 3. The number of nitrogens with one attached hydrogen (secondary N) is 1. The summed E-state index contributed by atoms with van der Waals surface area (Å²) in [5.41, 5.74) is 0.530. The summed E-state index contributed by atoms with van der Waals surface area (Å²) in [6.07, 6.45) is -7.77. The van der Waals surface area contributed by atoms with Crippen molar-refractivity contribution in [2.24, 2.45) is 11.2 Å². The standard InChI is InChI=1S/C28H31F3N6O9S/c1-4-43-27(39)45-19(3)46-34-37(40)35-14-13-20(16-35)17-44-26(38)33-47(41,42)23-11-9-22(10-12-23)36-24(15-25(32-36)28(29,30)31)21-7-5-18(2)6-8-21/h5-12,15,19-20H,4,13-14,16-17H2,1-3H3,(H,33,38)/b37-34+. The molecular weight excluding hydrogens is 653 g/mol. The van der Waals surface area contributed by atoms with Crippen molar-refractivity contribution >= 4 is 22.3 Å². The summed E-state index contributed by atoms with van der Waals surface area (Å²) < 4.78 is 83.3. The molecule has 2 heterocycles. The van der Waals surface area contributed by atoms with Gasteiger partial charge in [-0.2, -0.15) is 18.3 Å². The Labute approximate surface area is 267 Å². The van der Waals surface area contributed by atoms with Crippen LogP contribution in [0.1, 0.15) is 31.5 Å². The van der Waals surface area contributed by atoms with Crippen molar-refractivity contribution in [1.29, 1.82) is 0 Å². The van der Waals surface area contributed by atoms with Crippen LogP contribution >= 0.6 is 0 Å². The van der Waals surface area contributed by atoms with Crippen LogP contribution in [-0.4, -0.2) is 73.0 Å². The van der Waals surface area contributed by atoms with Crippen molar-refractivity contribution < 1.29 is 55.2 Å². The highest BCUT2D eigenvalue weighted by atomic mass is 32.2. The van der Waals surface area contributed by atoms with E-state index < -0.39 is 40.4 Å². The fraction of sp³-hybridized carbons (Fsp3) is 0.393. The van der Waals surface area contributed by atoms with E-state index in [1.807, 2.05) is 6.92 Å². The third-order valence-electron chi connectivity index (χ3n) is 6.70. The first-order chi connectivity index (χ1) is 22.2. The lowest BCUT2D eigenvalue weighted by atomic mass is 10.1. The van der Waals surface area contributed by atoms with Gasteiger partial charge in [-0.1, -0.05) is 29.8 Å². The van der Waals surface area contributed by atoms with Crippen LogP contribution in [0.2, 0.25) is 0 Å². The number of hydrogen-bond donors (Lipinski definition) is 1. The van der Waals surface area contributed by atoms with E-state index in [4.69, 9.17) is 14.3 Å². The van der Waals surface area contributed by atoms with E-state index in [-0.39, 0.29) is 53.5 Å². The van der Waals surface area contributed by atoms with E-state index in [0.717, 1.165) is 28.4 Å². The summed E-state index contributed by atoms with van der Waals surface area (Å²) in [7, 11) is -4.42. The van der Waals surface area contributed by atoms with E-state index in [1.165, 1.54) is 24.1 Å². The number of hydrazine groups is 1. The molecule has 0 bridgehead atoms. The van der Waals surface area contributed by atoms with Crippen LogP contribution in [0.15, 0.2) is 64.8 Å². The predicted molar refractivity (Wildman–Crippen MR) is 155 cm³/mol. The van der Waals surface area contributed by atoms with E-state index >= 15 is 0 Å². The molecule has 0 aliphatic carbocycles. The maximum absolute atomic E-state index is 13.5. The Bertz CT molecular complexity index is 1700. The smallest absolute Gasteiger partial charge is 0.511 e. The number of sulfonamides is 1. The van der Waals surface area contributed by atoms with E-state index in [2.05, 4.69) is 15.1 Å². The molecule has 15 nitrogen and oxygen atoms in total. The molecule has 1 N–H and O–H groups in total. The molecule has 1 aliphatic rings. The Kier molecular flexibility index (Phi) is 10.8. The van der Waals surface area contributed by atoms with E-state index in [0.29, 0.717) is 12.0 Å². The van der Waals surface area contributed by atoms with Crippen molar-refractivity contribution in [3.05, 3.63) is 71.1 Å². The first kappa shape index (κ1) is 34.8. The third kappa shape index (κ3) is 9.24. The van der Waals surface area contributed by atoms with Crippen LogP contribution in [-0.2, 0) is 35.2 Å². The summed E-state index contributed by atoms with van der Waals surface area (Å²) in [5, 5.41) is 20.4. The minimum Gasteiger partial charge on any atom is -0.569 e. The molecule has 19 heteroatoms. The van der Waals surface area contributed by atoms with Crippen LogP contribution < -0.4 is 4.72 Å². The lowest BCUT2D eigenvalue weighted by Crippen LogP contribution is -2.33. The molecule has 0 radical (unpaired) electrons. The molecule has 0 spiro atoms. The summed E-state index contributed by atoms with van der Waals surface area (Å²) >= 11 is 0. The number of hydrogen-bond acceptors (Lipinski definition) is 11. The molecule has 2 aromatic carbocycles. The Balaban J connectivity index is 1.33. The second-order valence-corrected chi connectivity index (χ2v) is 11.9. The SMILES string of the molecule is CCOC(=O)OC(C)O/N=[N+](/[O-])N1CCC(COC(=O)NS(=O)(=O)c2ccc(-n3nc(C(F)(F)F)cc3-c3ccc(C)cc3)cc2)C1. The fourth-order valence-corrected chi connectivity index (χ4v) is 5.27. The van der Waals surface area contributed by atoms with Crippen LogP contribution in [0.25, 0.3) is 16.9 Å². The molecule has 1 amide bonds. The minimum absolute atomic E-state index is 0.0884. The third-order valence-corrected chi connectivity index (χ3v) is 8.03. The van der Waals surface area contributed by atoms with Crippen molar-refractivity contribution in [2.75, 3.05) is 26.3 Å². The lowest BCUT2D eigenvalue weighted by molar-refractivity contribution is -0.710. The Morgan fingerprint density at radius 1 is 1.15 bits per heavy atom. The number of aryl methyl sites for hydroxylation is 1. The van der Waals surface area contributed by atoms with Crippen LogP contribution in [0.4, 0.5) is 22.8 Å². The molecule has 47 heavy (non-hydrogen) atoms. The van der Waals surface area contributed by atoms with Gasteiger partial charge in [-0.3, -0.25) is 4.84 Å². The van der Waals surface area contributed by atoms with Crippen LogP contribution in [0, 0.1) is 18.0 Å². The van der Waals surface area contributed by atoms with Gasteiger partial charge >= 0.3 is 18.4 Å². The minimum atomic E-state index is -4.71. The summed E-state index contributed by atoms with van der Waals surface area (Å²) in [6, 6.07) is 12.4.